The Labute approximate surface area is 113 Å². The Morgan fingerprint density at radius 1 is 1.37 bits per heavy atom. The fourth-order valence-electron chi connectivity index (χ4n) is 1.96. The molecule has 19 heavy (non-hydrogen) atoms. The van der Waals surface area contributed by atoms with Gasteiger partial charge in [-0.05, 0) is 23.6 Å². The molecule has 0 aliphatic heterocycles. The summed E-state index contributed by atoms with van der Waals surface area (Å²) in [5, 5.41) is 0. The molecule has 2 aromatic rings. The first-order valence-electron chi connectivity index (χ1n) is 6.48. The topological polar surface area (TPSA) is 61.3 Å². The van der Waals surface area contributed by atoms with E-state index in [9.17, 15) is 0 Å². The van der Waals surface area contributed by atoms with Gasteiger partial charge < -0.3 is 14.9 Å². The van der Waals surface area contributed by atoms with Crippen molar-refractivity contribution in [3.8, 4) is 17.0 Å². The van der Waals surface area contributed by atoms with E-state index in [1.165, 1.54) is 5.56 Å². The molecule has 0 atom stereocenters. The highest BCUT2D eigenvalue weighted by Crippen LogP contribution is 2.32. The summed E-state index contributed by atoms with van der Waals surface area (Å²) in [6, 6.07) is 6.16. The lowest BCUT2D eigenvalue weighted by Crippen LogP contribution is -2.02. The maximum Gasteiger partial charge on any atom is 0.195 e. The Kier molecular flexibility index (Phi) is 4.22. The molecular formula is C15H20N2O2. The molecule has 2 rings (SSSR count). The number of hydrogen-bond acceptors (Lipinski definition) is 4. The third kappa shape index (κ3) is 2.96. The minimum Gasteiger partial charge on any atom is -0.496 e. The lowest BCUT2D eigenvalue weighted by Gasteiger charge is -2.10. The fraction of sp³-hybridized carbons (Fsp3) is 0.400. The molecule has 4 heteroatoms. The zero-order valence-electron chi connectivity index (χ0n) is 11.6. The quantitative estimate of drug-likeness (QED) is 0.897. The predicted molar refractivity (Wildman–Crippen MR) is 75.3 cm³/mol. The molecule has 0 bridgehead atoms. The second-order valence-electron chi connectivity index (χ2n) is 4.78. The van der Waals surface area contributed by atoms with E-state index < -0.39 is 0 Å². The van der Waals surface area contributed by atoms with Gasteiger partial charge in [-0.3, -0.25) is 0 Å². The molecule has 1 heterocycles. The largest absolute Gasteiger partial charge is 0.496 e. The van der Waals surface area contributed by atoms with Crippen molar-refractivity contribution in [2.24, 2.45) is 5.73 Å². The number of oxazole rings is 1. The molecule has 102 valence electrons. The van der Waals surface area contributed by atoms with Crippen molar-refractivity contribution in [2.75, 3.05) is 13.7 Å². The lowest BCUT2D eigenvalue weighted by molar-refractivity contribution is 0.416. The van der Waals surface area contributed by atoms with E-state index in [1.54, 1.807) is 13.4 Å². The first-order chi connectivity index (χ1) is 9.15. The molecule has 0 spiro atoms. The Morgan fingerprint density at radius 3 is 2.79 bits per heavy atom. The van der Waals surface area contributed by atoms with Gasteiger partial charge in [0.2, 0.25) is 0 Å². The normalized spacial score (nSPS) is 11.0. The number of ether oxygens (including phenoxy) is 1. The highest BCUT2D eigenvalue weighted by atomic mass is 16.5. The van der Waals surface area contributed by atoms with Crippen LogP contribution < -0.4 is 10.5 Å². The molecule has 1 aromatic carbocycles. The van der Waals surface area contributed by atoms with E-state index in [4.69, 9.17) is 14.9 Å². The van der Waals surface area contributed by atoms with E-state index in [2.05, 4.69) is 31.0 Å². The maximum atomic E-state index is 5.50. The third-order valence-electron chi connectivity index (χ3n) is 3.08. The number of benzene rings is 1. The van der Waals surface area contributed by atoms with Crippen LogP contribution in [-0.4, -0.2) is 18.6 Å². The predicted octanol–water partition coefficient (Wildman–Crippen LogP) is 2.97. The van der Waals surface area contributed by atoms with Gasteiger partial charge in [-0.15, -0.1) is 0 Å². The molecule has 0 aliphatic rings. The maximum absolute atomic E-state index is 5.50. The van der Waals surface area contributed by atoms with Gasteiger partial charge >= 0.3 is 0 Å². The first-order valence-corrected chi connectivity index (χ1v) is 6.48. The summed E-state index contributed by atoms with van der Waals surface area (Å²) in [5.74, 6) is 1.92. The molecule has 4 nitrogen and oxygen atoms in total. The number of hydrogen-bond donors (Lipinski definition) is 1. The molecule has 0 saturated heterocycles. The van der Waals surface area contributed by atoms with Crippen LogP contribution >= 0.6 is 0 Å². The molecule has 0 fully saturated rings. The second-order valence-corrected chi connectivity index (χ2v) is 4.78. The standard InChI is InChI=1S/C15H20N2O2/c1-10(2)11-4-5-14(18-3)12(8-11)13-9-19-15(17-13)6-7-16/h4-5,8-10H,6-7,16H2,1-3H3. The fourth-order valence-corrected chi connectivity index (χ4v) is 1.96. The summed E-state index contributed by atoms with van der Waals surface area (Å²) in [4.78, 5) is 4.45. The van der Waals surface area contributed by atoms with Crippen LogP contribution in [-0.2, 0) is 6.42 Å². The highest BCUT2D eigenvalue weighted by molar-refractivity contribution is 5.67. The van der Waals surface area contributed by atoms with Crippen molar-refractivity contribution < 1.29 is 9.15 Å². The van der Waals surface area contributed by atoms with Gasteiger partial charge in [0, 0.05) is 18.5 Å². The number of aromatic nitrogens is 1. The second kappa shape index (κ2) is 5.89. The SMILES string of the molecule is COc1ccc(C(C)C)cc1-c1coc(CCN)n1. The van der Waals surface area contributed by atoms with Crippen LogP contribution in [0.1, 0.15) is 31.2 Å². The molecule has 0 unspecified atom stereocenters. The highest BCUT2D eigenvalue weighted by Gasteiger charge is 2.13. The van der Waals surface area contributed by atoms with Crippen LogP contribution in [0.25, 0.3) is 11.3 Å². The smallest absolute Gasteiger partial charge is 0.195 e. The Bertz CT molecular complexity index is 547. The Balaban J connectivity index is 2.42. The van der Waals surface area contributed by atoms with Crippen LogP contribution in [0, 0.1) is 0 Å². The van der Waals surface area contributed by atoms with Crippen molar-refractivity contribution in [3.63, 3.8) is 0 Å². The number of nitrogens with zero attached hydrogens (tertiary/aromatic N) is 1. The minimum absolute atomic E-state index is 0.458. The van der Waals surface area contributed by atoms with Crippen molar-refractivity contribution in [3.05, 3.63) is 35.9 Å². The van der Waals surface area contributed by atoms with Crippen LogP contribution in [0.2, 0.25) is 0 Å². The molecular weight excluding hydrogens is 240 g/mol. The van der Waals surface area contributed by atoms with Crippen molar-refractivity contribution >= 4 is 0 Å². The van der Waals surface area contributed by atoms with Gasteiger partial charge in [0.25, 0.3) is 0 Å². The molecule has 0 radical (unpaired) electrons. The summed E-state index contributed by atoms with van der Waals surface area (Å²) in [5.41, 5.74) is 8.51. The summed E-state index contributed by atoms with van der Waals surface area (Å²) in [6.07, 6.45) is 2.30. The van der Waals surface area contributed by atoms with E-state index in [0.29, 0.717) is 24.8 Å². The van der Waals surface area contributed by atoms with Gasteiger partial charge in [0.15, 0.2) is 5.89 Å². The molecule has 1 aromatic heterocycles. The Hall–Kier alpha value is -1.81. The molecule has 0 amide bonds. The average Bonchev–Trinajstić information content (AvgIpc) is 2.87. The van der Waals surface area contributed by atoms with Crippen LogP contribution in [0.3, 0.4) is 0 Å². The zero-order valence-corrected chi connectivity index (χ0v) is 11.6. The summed E-state index contributed by atoms with van der Waals surface area (Å²) < 4.78 is 10.8. The Morgan fingerprint density at radius 2 is 2.16 bits per heavy atom. The van der Waals surface area contributed by atoms with E-state index in [-0.39, 0.29) is 0 Å². The van der Waals surface area contributed by atoms with Crippen LogP contribution in [0.4, 0.5) is 0 Å². The number of nitrogens with two attached hydrogens (primary N) is 1. The lowest BCUT2D eigenvalue weighted by atomic mass is 9.99. The van der Waals surface area contributed by atoms with Crippen LogP contribution in [0.15, 0.2) is 28.9 Å². The van der Waals surface area contributed by atoms with Gasteiger partial charge in [-0.2, -0.15) is 0 Å². The first kappa shape index (κ1) is 13.6. The van der Waals surface area contributed by atoms with Crippen molar-refractivity contribution in [1.29, 1.82) is 0 Å². The van der Waals surface area contributed by atoms with Gasteiger partial charge in [-0.1, -0.05) is 19.9 Å². The molecule has 0 aliphatic carbocycles. The summed E-state index contributed by atoms with van der Waals surface area (Å²) in [6.45, 7) is 4.85. The van der Waals surface area contributed by atoms with E-state index in [0.717, 1.165) is 17.0 Å². The van der Waals surface area contributed by atoms with Gasteiger partial charge in [0.05, 0.1) is 7.11 Å². The van der Waals surface area contributed by atoms with E-state index >= 15 is 0 Å². The monoisotopic (exact) mass is 260 g/mol. The van der Waals surface area contributed by atoms with E-state index in [1.807, 2.05) is 6.07 Å². The van der Waals surface area contributed by atoms with Crippen molar-refractivity contribution in [1.82, 2.24) is 4.98 Å². The van der Waals surface area contributed by atoms with Gasteiger partial charge in [-0.25, -0.2) is 4.98 Å². The molecule has 2 N–H and O–H groups in total. The van der Waals surface area contributed by atoms with Gasteiger partial charge in [0.1, 0.15) is 17.7 Å². The van der Waals surface area contributed by atoms with Crippen LogP contribution in [0.5, 0.6) is 5.75 Å². The zero-order chi connectivity index (χ0) is 13.8. The van der Waals surface area contributed by atoms with Crippen molar-refractivity contribution in [2.45, 2.75) is 26.2 Å². The average molecular weight is 260 g/mol. The summed E-state index contributed by atoms with van der Waals surface area (Å²) >= 11 is 0. The minimum atomic E-state index is 0.458. The molecule has 0 saturated carbocycles. The summed E-state index contributed by atoms with van der Waals surface area (Å²) in [7, 11) is 1.66. The number of methoxy groups -OCH3 is 1. The third-order valence-corrected chi connectivity index (χ3v) is 3.08. The number of rotatable bonds is 5.